The zero-order chi connectivity index (χ0) is 5.98. The van der Waals surface area contributed by atoms with E-state index in [-0.39, 0.29) is 5.91 Å². The highest BCUT2D eigenvalue weighted by Gasteiger charge is 2.15. The first-order chi connectivity index (χ1) is 3.83. The predicted octanol–water partition coefficient (Wildman–Crippen LogP) is -0.921. The van der Waals surface area contributed by atoms with Crippen molar-refractivity contribution in [3.63, 3.8) is 0 Å². The smallest absolute Gasteiger partial charge is 0.236 e. The molecule has 0 atom stereocenters. The number of hydrogen-bond donors (Lipinski definition) is 2. The average molecular weight is 131 g/mol. The fourth-order valence-electron chi connectivity index (χ4n) is 0.395. The average Bonchev–Trinajstić information content (AvgIpc) is 2.14. The normalized spacial score (nSPS) is 24.0. The fourth-order valence-corrected chi connectivity index (χ4v) is 0.995. The molecule has 1 aliphatic rings. The molecule has 1 saturated heterocycles. The van der Waals surface area contributed by atoms with Crippen molar-refractivity contribution >= 4 is 22.8 Å². The zero-order valence-electron chi connectivity index (χ0n) is 4.05. The number of rotatable bonds is 0. The van der Waals surface area contributed by atoms with Crippen molar-refractivity contribution < 1.29 is 4.79 Å². The molecular weight excluding hydrogens is 126 g/mol. The van der Waals surface area contributed by atoms with E-state index in [4.69, 9.17) is 5.84 Å². The SMILES string of the molecule is NN=C1NC(=O)CS1. The maximum atomic E-state index is 10.3. The number of nitrogens with zero attached hydrogens (tertiary/aromatic N) is 1. The largest absolute Gasteiger partial charge is 0.321 e. The lowest BCUT2D eigenvalue weighted by Crippen LogP contribution is -2.20. The maximum absolute atomic E-state index is 10.3. The van der Waals surface area contributed by atoms with Crippen LogP contribution in [0.5, 0.6) is 0 Å². The van der Waals surface area contributed by atoms with E-state index in [9.17, 15) is 4.79 Å². The van der Waals surface area contributed by atoms with Crippen LogP contribution < -0.4 is 11.2 Å². The summed E-state index contributed by atoms with van der Waals surface area (Å²) in [4.78, 5) is 10.3. The molecule has 5 heteroatoms. The molecular formula is C3H5N3OS. The second-order valence-electron chi connectivity index (χ2n) is 1.27. The molecule has 1 rings (SSSR count). The van der Waals surface area contributed by atoms with Gasteiger partial charge in [0.05, 0.1) is 5.75 Å². The molecule has 0 saturated carbocycles. The van der Waals surface area contributed by atoms with Crippen molar-refractivity contribution in [1.82, 2.24) is 5.32 Å². The number of amides is 1. The summed E-state index contributed by atoms with van der Waals surface area (Å²) in [5.41, 5.74) is 0. The second-order valence-corrected chi connectivity index (χ2v) is 2.24. The highest BCUT2D eigenvalue weighted by molar-refractivity contribution is 8.15. The van der Waals surface area contributed by atoms with Gasteiger partial charge in [-0.3, -0.25) is 4.79 Å². The highest BCUT2D eigenvalue weighted by atomic mass is 32.2. The van der Waals surface area contributed by atoms with Gasteiger partial charge >= 0.3 is 0 Å². The number of thioether (sulfide) groups is 1. The van der Waals surface area contributed by atoms with Crippen molar-refractivity contribution in [2.24, 2.45) is 10.9 Å². The minimum absolute atomic E-state index is 0.0285. The van der Waals surface area contributed by atoms with Crippen molar-refractivity contribution in [2.45, 2.75) is 0 Å². The van der Waals surface area contributed by atoms with E-state index in [0.29, 0.717) is 10.9 Å². The molecule has 0 unspecified atom stereocenters. The summed E-state index contributed by atoms with van der Waals surface area (Å²) in [6.07, 6.45) is 0. The number of nitrogens with one attached hydrogen (secondary N) is 1. The third-order valence-electron chi connectivity index (χ3n) is 0.704. The standard InChI is InChI=1S/C3H5N3OS/c4-6-3-5-2(7)1-8-3/h1,4H2,(H,5,6,7). The van der Waals surface area contributed by atoms with E-state index < -0.39 is 0 Å². The van der Waals surface area contributed by atoms with Gasteiger partial charge in [-0.15, -0.1) is 0 Å². The van der Waals surface area contributed by atoms with Crippen molar-refractivity contribution in [2.75, 3.05) is 5.75 Å². The number of hydrazone groups is 1. The lowest BCUT2D eigenvalue weighted by Gasteiger charge is -1.86. The molecule has 0 aromatic rings. The molecule has 0 aromatic heterocycles. The van der Waals surface area contributed by atoms with Gasteiger partial charge in [-0.05, 0) is 0 Å². The monoisotopic (exact) mass is 131 g/mol. The minimum Gasteiger partial charge on any atom is -0.321 e. The third kappa shape index (κ3) is 0.919. The van der Waals surface area contributed by atoms with Gasteiger partial charge in [-0.1, -0.05) is 11.8 Å². The van der Waals surface area contributed by atoms with Gasteiger partial charge in [0.25, 0.3) is 0 Å². The molecule has 0 bridgehead atoms. The summed E-state index contributed by atoms with van der Waals surface area (Å²) in [6, 6.07) is 0. The first-order valence-corrected chi connectivity index (χ1v) is 3.02. The Balaban J connectivity index is 2.56. The number of carbonyl (C=O) groups excluding carboxylic acids is 1. The molecule has 8 heavy (non-hydrogen) atoms. The Morgan fingerprint density at radius 3 is 2.88 bits per heavy atom. The van der Waals surface area contributed by atoms with Gasteiger partial charge in [0, 0.05) is 0 Å². The maximum Gasteiger partial charge on any atom is 0.236 e. The number of hydrogen-bond acceptors (Lipinski definition) is 4. The molecule has 44 valence electrons. The van der Waals surface area contributed by atoms with Crippen LogP contribution in [0.4, 0.5) is 0 Å². The van der Waals surface area contributed by atoms with Crippen molar-refractivity contribution in [3.8, 4) is 0 Å². The summed E-state index contributed by atoms with van der Waals surface area (Å²) >= 11 is 1.31. The lowest BCUT2D eigenvalue weighted by molar-refractivity contribution is -0.116. The van der Waals surface area contributed by atoms with Gasteiger partial charge in [0.15, 0.2) is 5.17 Å². The predicted molar refractivity (Wildman–Crippen MR) is 32.2 cm³/mol. The van der Waals surface area contributed by atoms with Gasteiger partial charge < -0.3 is 11.2 Å². The first kappa shape index (κ1) is 5.43. The summed E-state index contributed by atoms with van der Waals surface area (Å²) in [5.74, 6) is 5.26. The first-order valence-electron chi connectivity index (χ1n) is 2.03. The van der Waals surface area contributed by atoms with Crippen LogP contribution in [-0.2, 0) is 4.79 Å². The number of carbonyl (C=O) groups is 1. The number of nitrogens with two attached hydrogens (primary N) is 1. The van der Waals surface area contributed by atoms with Gasteiger partial charge in [-0.25, -0.2) is 0 Å². The molecule has 0 radical (unpaired) electrons. The van der Waals surface area contributed by atoms with Crippen LogP contribution in [-0.4, -0.2) is 16.8 Å². The zero-order valence-corrected chi connectivity index (χ0v) is 4.86. The Kier molecular flexibility index (Phi) is 1.38. The van der Waals surface area contributed by atoms with Gasteiger partial charge in [0.1, 0.15) is 0 Å². The van der Waals surface area contributed by atoms with Gasteiger partial charge in [0.2, 0.25) is 5.91 Å². The molecule has 1 fully saturated rings. The highest BCUT2D eigenvalue weighted by Crippen LogP contribution is 2.06. The van der Waals surface area contributed by atoms with Crippen LogP contribution in [0, 0.1) is 0 Å². The molecule has 0 spiro atoms. The van der Waals surface area contributed by atoms with Crippen LogP contribution >= 0.6 is 11.8 Å². The van der Waals surface area contributed by atoms with E-state index in [1.807, 2.05) is 0 Å². The van der Waals surface area contributed by atoms with Crippen LogP contribution in [0.3, 0.4) is 0 Å². The minimum atomic E-state index is -0.0285. The molecule has 1 aliphatic heterocycles. The quantitative estimate of drug-likeness (QED) is 0.330. The number of amidine groups is 1. The molecule has 3 N–H and O–H groups in total. The summed E-state index contributed by atoms with van der Waals surface area (Å²) < 4.78 is 0. The molecule has 1 heterocycles. The van der Waals surface area contributed by atoms with Crippen LogP contribution in [0.1, 0.15) is 0 Å². The van der Waals surface area contributed by atoms with Gasteiger partial charge in [-0.2, -0.15) is 5.10 Å². The van der Waals surface area contributed by atoms with Crippen LogP contribution in [0.15, 0.2) is 5.10 Å². The summed E-state index contributed by atoms with van der Waals surface area (Å²) in [5, 5.41) is 6.25. The van der Waals surface area contributed by atoms with E-state index in [1.54, 1.807) is 0 Å². The van der Waals surface area contributed by atoms with E-state index >= 15 is 0 Å². The van der Waals surface area contributed by atoms with Crippen LogP contribution in [0.25, 0.3) is 0 Å². The van der Waals surface area contributed by atoms with Crippen LogP contribution in [0.2, 0.25) is 0 Å². The molecule has 0 aromatic carbocycles. The topological polar surface area (TPSA) is 67.5 Å². The Morgan fingerprint density at radius 1 is 1.88 bits per heavy atom. The Labute approximate surface area is 50.5 Å². The molecule has 1 amide bonds. The van der Waals surface area contributed by atoms with Crippen molar-refractivity contribution in [1.29, 1.82) is 0 Å². The Hall–Kier alpha value is -0.710. The molecule has 0 aliphatic carbocycles. The van der Waals surface area contributed by atoms with E-state index in [0.717, 1.165) is 0 Å². The lowest BCUT2D eigenvalue weighted by atomic mass is 10.7. The second kappa shape index (κ2) is 2.04. The Bertz CT molecular complexity index is 143. The van der Waals surface area contributed by atoms with E-state index in [1.165, 1.54) is 11.8 Å². The molecule has 4 nitrogen and oxygen atoms in total. The van der Waals surface area contributed by atoms with E-state index in [2.05, 4.69) is 10.4 Å². The van der Waals surface area contributed by atoms with Crippen molar-refractivity contribution in [3.05, 3.63) is 0 Å². The Morgan fingerprint density at radius 2 is 2.62 bits per heavy atom. The summed E-state index contributed by atoms with van der Waals surface area (Å²) in [7, 11) is 0. The summed E-state index contributed by atoms with van der Waals surface area (Å²) in [6.45, 7) is 0. The fraction of sp³-hybridized carbons (Fsp3) is 0.333. The third-order valence-corrected chi connectivity index (χ3v) is 1.59.